The molecule has 0 spiro atoms. The van der Waals surface area contributed by atoms with Crippen molar-refractivity contribution >= 4 is 10.1 Å². The largest absolute Gasteiger partial charge is 0.379 e. The molecule has 0 aromatic heterocycles. The van der Waals surface area contributed by atoms with E-state index in [1.54, 1.807) is 36.4 Å². The van der Waals surface area contributed by atoms with Crippen molar-refractivity contribution in [1.29, 1.82) is 0 Å². The van der Waals surface area contributed by atoms with Crippen LogP contribution in [0.3, 0.4) is 0 Å². The highest BCUT2D eigenvalue weighted by Gasteiger charge is 2.20. The van der Waals surface area contributed by atoms with Crippen LogP contribution in [0.1, 0.15) is 17.2 Å². The predicted octanol–water partition coefficient (Wildman–Crippen LogP) is 2.77. The first-order valence-electron chi connectivity index (χ1n) is 7.85. The predicted molar refractivity (Wildman–Crippen MR) is 91.6 cm³/mol. The second-order valence-electron chi connectivity index (χ2n) is 6.04. The van der Waals surface area contributed by atoms with E-state index in [1.165, 1.54) is 0 Å². The number of hydrogen-bond acceptors (Lipinski definition) is 5. The van der Waals surface area contributed by atoms with Gasteiger partial charge in [-0.15, -0.1) is 0 Å². The fraction of sp³-hybridized carbons (Fsp3) is 0.333. The van der Waals surface area contributed by atoms with Crippen molar-refractivity contribution in [2.75, 3.05) is 26.7 Å². The lowest BCUT2D eigenvalue weighted by atomic mass is 10.1. The average Bonchev–Trinajstić information content (AvgIpc) is 2.55. The summed E-state index contributed by atoms with van der Waals surface area (Å²) in [5.41, 5.74) is 2.01. The molecule has 0 radical (unpaired) electrons. The van der Waals surface area contributed by atoms with E-state index in [2.05, 4.69) is 11.9 Å². The van der Waals surface area contributed by atoms with Crippen molar-refractivity contribution in [2.24, 2.45) is 0 Å². The Morgan fingerprint density at radius 1 is 1.08 bits per heavy atom. The van der Waals surface area contributed by atoms with Crippen molar-refractivity contribution < 1.29 is 17.3 Å². The van der Waals surface area contributed by atoms with Crippen LogP contribution in [0.2, 0.25) is 0 Å². The van der Waals surface area contributed by atoms with Crippen molar-refractivity contribution in [3.63, 3.8) is 0 Å². The summed E-state index contributed by atoms with van der Waals surface area (Å²) in [4.78, 5) is 2.36. The van der Waals surface area contributed by atoms with E-state index in [4.69, 9.17) is 8.92 Å². The fourth-order valence-corrected chi connectivity index (χ4v) is 3.53. The van der Waals surface area contributed by atoms with E-state index in [1.807, 2.05) is 19.1 Å². The van der Waals surface area contributed by atoms with E-state index in [0.717, 1.165) is 24.2 Å². The first-order chi connectivity index (χ1) is 11.4. The summed E-state index contributed by atoms with van der Waals surface area (Å²) in [6.45, 7) is 4.34. The van der Waals surface area contributed by atoms with Gasteiger partial charge in [-0.05, 0) is 43.8 Å². The Morgan fingerprint density at radius 2 is 1.75 bits per heavy atom. The molecule has 0 amide bonds. The third-order valence-corrected chi connectivity index (χ3v) is 5.30. The van der Waals surface area contributed by atoms with Gasteiger partial charge in [0.15, 0.2) is 0 Å². The zero-order valence-corrected chi connectivity index (χ0v) is 14.6. The second kappa shape index (κ2) is 6.93. The van der Waals surface area contributed by atoms with Crippen molar-refractivity contribution in [2.45, 2.75) is 17.9 Å². The molecule has 24 heavy (non-hydrogen) atoms. The summed E-state index contributed by atoms with van der Waals surface area (Å²) >= 11 is 0. The summed E-state index contributed by atoms with van der Waals surface area (Å²) in [6, 6.07) is 13.6. The number of likely N-dealkylation sites (N-methyl/N-ethyl adjacent to an activating group) is 1. The number of hydrogen-bond donors (Lipinski definition) is 0. The van der Waals surface area contributed by atoms with Crippen molar-refractivity contribution in [3.8, 4) is 5.75 Å². The topological polar surface area (TPSA) is 55.8 Å². The van der Waals surface area contributed by atoms with Gasteiger partial charge in [-0.2, -0.15) is 8.42 Å². The Balaban J connectivity index is 1.72. The molecule has 3 rings (SSSR count). The summed E-state index contributed by atoms with van der Waals surface area (Å²) in [5.74, 6) is 0.295. The van der Waals surface area contributed by atoms with E-state index < -0.39 is 10.1 Å². The maximum Gasteiger partial charge on any atom is 0.339 e. The maximum absolute atomic E-state index is 12.3. The lowest BCUT2D eigenvalue weighted by molar-refractivity contribution is -0.0209. The van der Waals surface area contributed by atoms with Gasteiger partial charge in [-0.25, -0.2) is 0 Å². The van der Waals surface area contributed by atoms with Crippen LogP contribution in [0, 0.1) is 6.92 Å². The number of nitrogens with zero attached hydrogens (tertiary/aromatic N) is 1. The van der Waals surface area contributed by atoms with Gasteiger partial charge in [-0.1, -0.05) is 29.8 Å². The van der Waals surface area contributed by atoms with Gasteiger partial charge in [0.2, 0.25) is 0 Å². The van der Waals surface area contributed by atoms with Crippen LogP contribution in [0.4, 0.5) is 0 Å². The molecule has 5 nitrogen and oxygen atoms in total. The third kappa shape index (κ3) is 3.95. The molecular weight excluding hydrogens is 326 g/mol. The molecule has 1 atom stereocenters. The number of morpholine rings is 1. The molecule has 1 heterocycles. The van der Waals surface area contributed by atoms with Crippen LogP contribution >= 0.6 is 0 Å². The number of ether oxygens (including phenoxy) is 1. The Bertz CT molecular complexity index is 785. The van der Waals surface area contributed by atoms with E-state index >= 15 is 0 Å². The minimum atomic E-state index is -3.82. The molecule has 1 fully saturated rings. The summed E-state index contributed by atoms with van der Waals surface area (Å²) in [6.07, 6.45) is 0.00602. The van der Waals surface area contributed by atoms with Gasteiger partial charge in [0, 0.05) is 13.1 Å². The Kier molecular flexibility index (Phi) is 4.89. The average molecular weight is 347 g/mol. The van der Waals surface area contributed by atoms with Gasteiger partial charge in [0.1, 0.15) is 10.6 Å². The SMILES string of the molecule is Cc1ccc(S(=O)(=O)Oc2ccc([C@@H]3CN(C)CCO3)cc2)cc1. The molecule has 0 N–H and O–H groups in total. The third-order valence-electron chi connectivity index (χ3n) is 4.04. The summed E-state index contributed by atoms with van der Waals surface area (Å²) in [7, 11) is -1.76. The van der Waals surface area contributed by atoms with Crippen molar-refractivity contribution in [3.05, 3.63) is 59.7 Å². The highest BCUT2D eigenvalue weighted by molar-refractivity contribution is 7.87. The summed E-state index contributed by atoms with van der Waals surface area (Å²) in [5, 5.41) is 0. The van der Waals surface area contributed by atoms with Gasteiger partial charge in [0.25, 0.3) is 0 Å². The maximum atomic E-state index is 12.3. The molecule has 128 valence electrons. The molecule has 0 bridgehead atoms. The Hall–Kier alpha value is -1.89. The molecular formula is C18H21NO4S. The van der Waals surface area contributed by atoms with E-state index in [0.29, 0.717) is 12.4 Å². The molecule has 0 aliphatic carbocycles. The van der Waals surface area contributed by atoms with Gasteiger partial charge < -0.3 is 13.8 Å². The molecule has 1 aliphatic rings. The Labute approximate surface area is 142 Å². The molecule has 1 saturated heterocycles. The number of rotatable bonds is 4. The van der Waals surface area contributed by atoms with Crippen LogP contribution in [-0.2, 0) is 14.9 Å². The number of benzene rings is 2. The minimum Gasteiger partial charge on any atom is -0.379 e. The van der Waals surface area contributed by atoms with Crippen LogP contribution in [0.5, 0.6) is 5.75 Å². The summed E-state index contributed by atoms with van der Waals surface area (Å²) < 4.78 is 35.5. The molecule has 0 saturated carbocycles. The Morgan fingerprint density at radius 3 is 2.38 bits per heavy atom. The van der Waals surface area contributed by atoms with Crippen LogP contribution in [-0.4, -0.2) is 40.1 Å². The lowest BCUT2D eigenvalue weighted by Crippen LogP contribution is -2.35. The molecule has 2 aromatic carbocycles. The standard InChI is InChI=1S/C18H21NO4S/c1-14-3-9-17(10-4-14)24(20,21)23-16-7-5-15(6-8-16)18-13-19(2)11-12-22-18/h3-10,18H,11-13H2,1-2H3/t18-/m0/s1. The molecule has 6 heteroatoms. The highest BCUT2D eigenvalue weighted by atomic mass is 32.2. The molecule has 0 unspecified atom stereocenters. The zero-order valence-electron chi connectivity index (χ0n) is 13.8. The second-order valence-corrected chi connectivity index (χ2v) is 7.59. The van der Waals surface area contributed by atoms with Crippen molar-refractivity contribution in [1.82, 2.24) is 4.90 Å². The highest BCUT2D eigenvalue weighted by Crippen LogP contribution is 2.25. The van der Waals surface area contributed by atoms with Gasteiger partial charge >= 0.3 is 10.1 Å². The monoisotopic (exact) mass is 347 g/mol. The smallest absolute Gasteiger partial charge is 0.339 e. The van der Waals surface area contributed by atoms with Crippen LogP contribution in [0.15, 0.2) is 53.4 Å². The van der Waals surface area contributed by atoms with Gasteiger partial charge in [0.05, 0.1) is 12.7 Å². The molecule has 2 aromatic rings. The van der Waals surface area contributed by atoms with Crippen LogP contribution in [0.25, 0.3) is 0 Å². The minimum absolute atomic E-state index is 0.00602. The van der Waals surface area contributed by atoms with E-state index in [9.17, 15) is 8.42 Å². The van der Waals surface area contributed by atoms with E-state index in [-0.39, 0.29) is 11.0 Å². The van der Waals surface area contributed by atoms with Gasteiger partial charge in [-0.3, -0.25) is 0 Å². The lowest BCUT2D eigenvalue weighted by Gasteiger charge is -2.30. The fourth-order valence-electron chi connectivity index (χ4n) is 2.60. The quantitative estimate of drug-likeness (QED) is 0.796. The molecule has 1 aliphatic heterocycles. The number of aryl methyl sites for hydroxylation is 1. The zero-order chi connectivity index (χ0) is 17.2. The first-order valence-corrected chi connectivity index (χ1v) is 9.26. The van der Waals surface area contributed by atoms with Crippen LogP contribution < -0.4 is 4.18 Å². The normalized spacial score (nSPS) is 19.2. The first kappa shape index (κ1) is 17.0.